The van der Waals surface area contributed by atoms with E-state index in [4.69, 9.17) is 24.7 Å². The molecular formula is C20H26N4O10. The van der Waals surface area contributed by atoms with E-state index in [1.54, 1.807) is 7.11 Å². The van der Waals surface area contributed by atoms with Gasteiger partial charge in [0, 0.05) is 26.4 Å². The summed E-state index contributed by atoms with van der Waals surface area (Å²) in [6, 6.07) is 2.61. The van der Waals surface area contributed by atoms with Crippen LogP contribution in [0.3, 0.4) is 0 Å². The predicted molar refractivity (Wildman–Crippen MR) is 117 cm³/mol. The highest BCUT2D eigenvalue weighted by Gasteiger charge is 2.22. The Morgan fingerprint density at radius 1 is 0.853 bits per heavy atom. The summed E-state index contributed by atoms with van der Waals surface area (Å²) in [7, 11) is 5.50. The van der Waals surface area contributed by atoms with Crippen LogP contribution >= 0.6 is 0 Å². The molecule has 0 fully saturated rings. The van der Waals surface area contributed by atoms with Crippen molar-refractivity contribution >= 4 is 23.3 Å². The Morgan fingerprint density at radius 3 is 1.79 bits per heavy atom. The number of nitrogens with zero attached hydrogens (tertiary/aromatic N) is 3. The molecule has 0 radical (unpaired) electrons. The van der Waals surface area contributed by atoms with Gasteiger partial charge in [-0.3, -0.25) is 10.1 Å². The number of aromatic nitrogens is 2. The third-order valence-corrected chi connectivity index (χ3v) is 3.85. The van der Waals surface area contributed by atoms with E-state index in [1.165, 1.54) is 32.5 Å². The molecule has 0 aromatic carbocycles. The molecule has 0 bridgehead atoms. The fourth-order valence-corrected chi connectivity index (χ4v) is 2.20. The normalized spacial score (nSPS) is 9.88. The van der Waals surface area contributed by atoms with Crippen LogP contribution in [0.4, 0.5) is 11.4 Å². The number of nitro groups is 1. The van der Waals surface area contributed by atoms with Gasteiger partial charge in [0.1, 0.15) is 25.0 Å². The van der Waals surface area contributed by atoms with Crippen LogP contribution in [-0.2, 0) is 18.9 Å². The van der Waals surface area contributed by atoms with Gasteiger partial charge in [0.25, 0.3) is 0 Å². The molecule has 14 heteroatoms. The molecule has 0 aliphatic heterocycles. The SMILES string of the molecule is COCCOc1cc(C(=O)OC)c(N)cn1.COCCOc1cc(C(=O)OC)c([N+](=O)[O-])cn1. The number of esters is 2. The van der Waals surface area contributed by atoms with Gasteiger partial charge in [-0.2, -0.15) is 0 Å². The molecule has 2 rings (SSSR count). The van der Waals surface area contributed by atoms with Crippen LogP contribution in [0.15, 0.2) is 24.5 Å². The summed E-state index contributed by atoms with van der Waals surface area (Å²) < 4.78 is 29.0. The van der Waals surface area contributed by atoms with Crippen molar-refractivity contribution in [2.75, 3.05) is 60.6 Å². The van der Waals surface area contributed by atoms with E-state index >= 15 is 0 Å². The smallest absolute Gasteiger partial charge is 0.345 e. The molecular weight excluding hydrogens is 456 g/mol. The Bertz CT molecular complexity index is 970. The maximum Gasteiger partial charge on any atom is 0.345 e. The topological polar surface area (TPSA) is 184 Å². The molecule has 0 spiro atoms. The molecule has 0 atom stereocenters. The van der Waals surface area contributed by atoms with Gasteiger partial charge in [0.15, 0.2) is 0 Å². The molecule has 2 heterocycles. The first-order valence-corrected chi connectivity index (χ1v) is 9.59. The Morgan fingerprint density at radius 2 is 1.32 bits per heavy atom. The molecule has 2 N–H and O–H groups in total. The first kappa shape index (κ1) is 28.0. The average molecular weight is 482 g/mol. The Kier molecular flexibility index (Phi) is 12.3. The number of nitrogen functional groups attached to an aromatic ring is 1. The number of hydrogen-bond acceptors (Lipinski definition) is 13. The molecule has 0 aliphatic rings. The third kappa shape index (κ3) is 8.84. The van der Waals surface area contributed by atoms with Crippen molar-refractivity contribution in [1.29, 1.82) is 0 Å². The highest BCUT2D eigenvalue weighted by atomic mass is 16.6. The molecule has 34 heavy (non-hydrogen) atoms. The van der Waals surface area contributed by atoms with Gasteiger partial charge in [-0.25, -0.2) is 19.6 Å². The highest BCUT2D eigenvalue weighted by molar-refractivity contribution is 5.95. The lowest BCUT2D eigenvalue weighted by molar-refractivity contribution is -0.385. The average Bonchev–Trinajstić information content (AvgIpc) is 2.84. The second-order valence-corrected chi connectivity index (χ2v) is 6.07. The van der Waals surface area contributed by atoms with Gasteiger partial charge in [-0.1, -0.05) is 0 Å². The number of anilines is 1. The standard InChI is InChI=1S/C10H12N2O6.C10H14N2O4/c1-16-3-4-18-9-5-7(10(13)17-2)8(6-11-9)12(14)15;1-14-3-4-16-9-5-7(10(13)15-2)8(11)6-12-9/h5-6H,3-4H2,1-2H3;5-6H,3-4,11H2,1-2H3. The molecule has 14 nitrogen and oxygen atoms in total. The fourth-order valence-electron chi connectivity index (χ4n) is 2.20. The maximum atomic E-state index is 11.4. The monoisotopic (exact) mass is 482 g/mol. The van der Waals surface area contributed by atoms with Crippen molar-refractivity contribution in [3.8, 4) is 11.8 Å². The molecule has 2 aromatic rings. The summed E-state index contributed by atoms with van der Waals surface area (Å²) in [5.74, 6) is -0.929. The van der Waals surface area contributed by atoms with E-state index in [9.17, 15) is 19.7 Å². The molecule has 0 saturated carbocycles. The quantitative estimate of drug-likeness (QED) is 0.209. The van der Waals surface area contributed by atoms with Gasteiger partial charge in [0.2, 0.25) is 11.8 Å². The van der Waals surface area contributed by atoms with Gasteiger partial charge in [-0.05, 0) is 0 Å². The minimum absolute atomic E-state index is 0.0954. The second kappa shape index (κ2) is 14.9. The minimum Gasteiger partial charge on any atom is -0.475 e. The summed E-state index contributed by atoms with van der Waals surface area (Å²) in [6.07, 6.45) is 2.31. The number of rotatable bonds is 11. The van der Waals surface area contributed by atoms with E-state index in [2.05, 4.69) is 19.4 Å². The molecule has 0 unspecified atom stereocenters. The number of carbonyl (C=O) groups excluding carboxylic acids is 2. The lowest BCUT2D eigenvalue weighted by atomic mass is 10.2. The zero-order valence-corrected chi connectivity index (χ0v) is 19.1. The minimum atomic E-state index is -0.819. The van der Waals surface area contributed by atoms with E-state index in [1.807, 2.05) is 0 Å². The van der Waals surface area contributed by atoms with Gasteiger partial charge >= 0.3 is 17.6 Å². The number of methoxy groups -OCH3 is 4. The van der Waals surface area contributed by atoms with Crippen LogP contribution in [0, 0.1) is 10.1 Å². The summed E-state index contributed by atoms with van der Waals surface area (Å²) in [6.45, 7) is 1.36. The first-order chi connectivity index (χ1) is 16.3. The summed E-state index contributed by atoms with van der Waals surface area (Å²) in [5, 5.41) is 10.7. The number of ether oxygens (including phenoxy) is 6. The third-order valence-electron chi connectivity index (χ3n) is 3.85. The highest BCUT2D eigenvalue weighted by Crippen LogP contribution is 2.22. The number of hydrogen-bond donors (Lipinski definition) is 1. The van der Waals surface area contributed by atoms with Crippen molar-refractivity contribution in [1.82, 2.24) is 9.97 Å². The van der Waals surface area contributed by atoms with Crippen molar-refractivity contribution in [3.05, 3.63) is 45.8 Å². The van der Waals surface area contributed by atoms with Crippen molar-refractivity contribution < 1.29 is 42.9 Å². The molecule has 0 aliphatic carbocycles. The lowest BCUT2D eigenvalue weighted by Gasteiger charge is -2.07. The fraction of sp³-hybridized carbons (Fsp3) is 0.400. The van der Waals surface area contributed by atoms with E-state index in [0.29, 0.717) is 25.7 Å². The zero-order valence-electron chi connectivity index (χ0n) is 19.1. The first-order valence-electron chi connectivity index (χ1n) is 9.59. The van der Waals surface area contributed by atoms with E-state index < -0.39 is 22.5 Å². The van der Waals surface area contributed by atoms with Crippen LogP contribution in [0.1, 0.15) is 20.7 Å². The van der Waals surface area contributed by atoms with Crippen molar-refractivity contribution in [3.63, 3.8) is 0 Å². The lowest BCUT2D eigenvalue weighted by Crippen LogP contribution is -2.09. The van der Waals surface area contributed by atoms with Crippen LogP contribution in [0.2, 0.25) is 0 Å². The second-order valence-electron chi connectivity index (χ2n) is 6.07. The summed E-state index contributed by atoms with van der Waals surface area (Å²) in [5.41, 5.74) is 5.44. The van der Waals surface area contributed by atoms with Crippen LogP contribution in [0.5, 0.6) is 11.8 Å². The molecule has 2 aromatic heterocycles. The number of pyridine rings is 2. The van der Waals surface area contributed by atoms with Gasteiger partial charge in [0.05, 0.1) is 49.8 Å². The zero-order chi connectivity index (χ0) is 25.5. The summed E-state index contributed by atoms with van der Waals surface area (Å²) >= 11 is 0. The Labute approximate surface area is 195 Å². The molecule has 0 saturated heterocycles. The summed E-state index contributed by atoms with van der Waals surface area (Å²) in [4.78, 5) is 40.3. The predicted octanol–water partition coefficient (Wildman–Crippen LogP) is 1.28. The van der Waals surface area contributed by atoms with Crippen LogP contribution in [-0.4, -0.2) is 81.7 Å². The number of carbonyl (C=O) groups is 2. The van der Waals surface area contributed by atoms with Crippen LogP contribution in [0.25, 0.3) is 0 Å². The van der Waals surface area contributed by atoms with Gasteiger partial charge < -0.3 is 34.2 Å². The largest absolute Gasteiger partial charge is 0.475 e. The Balaban J connectivity index is 0.000000342. The molecule has 186 valence electrons. The molecule has 0 amide bonds. The van der Waals surface area contributed by atoms with Crippen LogP contribution < -0.4 is 15.2 Å². The van der Waals surface area contributed by atoms with Gasteiger partial charge in [-0.15, -0.1) is 0 Å². The van der Waals surface area contributed by atoms with E-state index in [0.717, 1.165) is 13.3 Å². The Hall–Kier alpha value is -4.04. The van der Waals surface area contributed by atoms with Crippen molar-refractivity contribution in [2.24, 2.45) is 0 Å². The van der Waals surface area contributed by atoms with E-state index in [-0.39, 0.29) is 29.3 Å². The van der Waals surface area contributed by atoms with Crippen molar-refractivity contribution in [2.45, 2.75) is 0 Å². The maximum absolute atomic E-state index is 11.4. The number of nitrogens with two attached hydrogens (primary N) is 1.